The van der Waals surface area contributed by atoms with E-state index in [1.807, 2.05) is 88.3 Å². The van der Waals surface area contributed by atoms with Crippen molar-refractivity contribution in [2.75, 3.05) is 30.9 Å². The predicted octanol–water partition coefficient (Wildman–Crippen LogP) is 4.00. The zero-order chi connectivity index (χ0) is 25.3. The molecule has 2 N–H and O–H groups in total. The minimum absolute atomic E-state index is 0.140. The number of aromatic nitrogens is 1. The van der Waals surface area contributed by atoms with Crippen molar-refractivity contribution in [3.63, 3.8) is 0 Å². The third-order valence-corrected chi connectivity index (χ3v) is 5.96. The number of anilines is 2. The lowest BCUT2D eigenvalue weighted by atomic mass is 10.2. The van der Waals surface area contributed by atoms with Gasteiger partial charge in [0.2, 0.25) is 5.91 Å². The van der Waals surface area contributed by atoms with Crippen LogP contribution in [0.25, 0.3) is 11.8 Å². The standard InChI is InChI=1S/C27H29N5O3/c1-17-7-6-8-21(13-17)28-25(33)16-31-26(34)24(29-27(31)35)15-20-14-18(2)32(19(20)3)23-11-9-22(10-12-23)30(4)5/h6-15H,16H2,1-5H3,(H,28,33)(H,29,35). The van der Waals surface area contributed by atoms with E-state index >= 15 is 0 Å². The molecule has 1 fully saturated rings. The van der Waals surface area contributed by atoms with E-state index < -0.39 is 17.8 Å². The van der Waals surface area contributed by atoms with E-state index in [1.54, 1.807) is 12.1 Å². The molecule has 0 bridgehead atoms. The Morgan fingerprint density at radius 3 is 2.40 bits per heavy atom. The van der Waals surface area contributed by atoms with Gasteiger partial charge in [-0.3, -0.25) is 9.59 Å². The predicted molar refractivity (Wildman–Crippen MR) is 138 cm³/mol. The Morgan fingerprint density at radius 2 is 1.74 bits per heavy atom. The van der Waals surface area contributed by atoms with Gasteiger partial charge in [-0.15, -0.1) is 0 Å². The van der Waals surface area contributed by atoms with E-state index in [0.717, 1.165) is 38.8 Å². The van der Waals surface area contributed by atoms with Crippen molar-refractivity contribution in [1.29, 1.82) is 0 Å². The summed E-state index contributed by atoms with van der Waals surface area (Å²) in [6, 6.07) is 16.9. The van der Waals surface area contributed by atoms with Crippen LogP contribution < -0.4 is 15.5 Å². The van der Waals surface area contributed by atoms with Crippen LogP contribution in [0.1, 0.15) is 22.5 Å². The first-order valence-corrected chi connectivity index (χ1v) is 11.3. The van der Waals surface area contributed by atoms with Gasteiger partial charge in [-0.05, 0) is 80.4 Å². The van der Waals surface area contributed by atoms with Crippen molar-refractivity contribution >= 4 is 35.3 Å². The number of nitrogens with zero attached hydrogens (tertiary/aromatic N) is 3. The van der Waals surface area contributed by atoms with Crippen LogP contribution in [0.4, 0.5) is 16.2 Å². The molecule has 1 aliphatic rings. The summed E-state index contributed by atoms with van der Waals surface area (Å²) in [6.45, 7) is 5.51. The molecule has 1 saturated heterocycles. The average Bonchev–Trinajstić information content (AvgIpc) is 3.23. The molecule has 35 heavy (non-hydrogen) atoms. The Morgan fingerprint density at radius 1 is 1.03 bits per heavy atom. The highest BCUT2D eigenvalue weighted by Gasteiger charge is 2.35. The number of hydrogen-bond acceptors (Lipinski definition) is 4. The first kappa shape index (κ1) is 23.8. The Bertz CT molecular complexity index is 1340. The second-order valence-electron chi connectivity index (χ2n) is 8.87. The van der Waals surface area contributed by atoms with Gasteiger partial charge in [0.15, 0.2) is 0 Å². The lowest BCUT2D eigenvalue weighted by Crippen LogP contribution is -2.38. The third-order valence-electron chi connectivity index (χ3n) is 5.96. The molecule has 4 rings (SSSR count). The zero-order valence-electron chi connectivity index (χ0n) is 20.5. The van der Waals surface area contributed by atoms with Crippen LogP contribution >= 0.6 is 0 Å². The Hall–Kier alpha value is -4.33. The van der Waals surface area contributed by atoms with Crippen molar-refractivity contribution < 1.29 is 14.4 Å². The van der Waals surface area contributed by atoms with Crippen molar-refractivity contribution in [2.24, 2.45) is 0 Å². The number of benzene rings is 2. The largest absolute Gasteiger partial charge is 0.378 e. The molecule has 0 radical (unpaired) electrons. The average molecular weight is 472 g/mol. The van der Waals surface area contributed by atoms with E-state index in [-0.39, 0.29) is 12.2 Å². The summed E-state index contributed by atoms with van der Waals surface area (Å²) in [6.07, 6.45) is 1.66. The van der Waals surface area contributed by atoms with Gasteiger partial charge in [-0.2, -0.15) is 0 Å². The molecule has 2 heterocycles. The van der Waals surface area contributed by atoms with Gasteiger partial charge >= 0.3 is 6.03 Å². The van der Waals surface area contributed by atoms with Crippen LogP contribution in [-0.2, 0) is 9.59 Å². The number of aryl methyl sites for hydroxylation is 2. The number of rotatable bonds is 6. The molecule has 3 aromatic rings. The number of hydrogen-bond donors (Lipinski definition) is 2. The maximum absolute atomic E-state index is 12.9. The minimum Gasteiger partial charge on any atom is -0.378 e. The molecule has 1 aromatic heterocycles. The summed E-state index contributed by atoms with van der Waals surface area (Å²) < 4.78 is 2.10. The molecule has 180 valence electrons. The highest BCUT2D eigenvalue weighted by atomic mass is 16.2. The van der Waals surface area contributed by atoms with Gasteiger partial charge in [0, 0.05) is 42.5 Å². The van der Waals surface area contributed by atoms with Crippen LogP contribution in [0.5, 0.6) is 0 Å². The third kappa shape index (κ3) is 4.96. The van der Waals surface area contributed by atoms with Gasteiger partial charge in [0.25, 0.3) is 5.91 Å². The number of urea groups is 1. The fourth-order valence-corrected chi connectivity index (χ4v) is 4.17. The summed E-state index contributed by atoms with van der Waals surface area (Å²) in [5, 5.41) is 5.33. The molecular weight excluding hydrogens is 442 g/mol. The molecule has 8 heteroatoms. The number of amides is 4. The lowest BCUT2D eigenvalue weighted by Gasteiger charge is -2.15. The Balaban J connectivity index is 1.52. The lowest BCUT2D eigenvalue weighted by molar-refractivity contribution is -0.127. The van der Waals surface area contributed by atoms with Crippen LogP contribution in [0, 0.1) is 20.8 Å². The summed E-state index contributed by atoms with van der Waals surface area (Å²) in [4.78, 5) is 40.8. The monoisotopic (exact) mass is 471 g/mol. The molecule has 1 aliphatic heterocycles. The van der Waals surface area contributed by atoms with Gasteiger partial charge in [-0.25, -0.2) is 9.69 Å². The van der Waals surface area contributed by atoms with Gasteiger partial charge < -0.3 is 20.1 Å². The van der Waals surface area contributed by atoms with Gasteiger partial charge in [0.05, 0.1) is 0 Å². The Labute approximate surface area is 204 Å². The quantitative estimate of drug-likeness (QED) is 0.420. The number of nitrogens with one attached hydrogen (secondary N) is 2. The smallest absolute Gasteiger partial charge is 0.329 e. The molecule has 8 nitrogen and oxygen atoms in total. The van der Waals surface area contributed by atoms with Crippen molar-refractivity contribution in [3.05, 3.63) is 82.8 Å². The highest BCUT2D eigenvalue weighted by Crippen LogP contribution is 2.25. The molecule has 0 unspecified atom stereocenters. The van der Waals surface area contributed by atoms with Crippen molar-refractivity contribution in [1.82, 2.24) is 14.8 Å². The van der Waals surface area contributed by atoms with Crippen LogP contribution in [0.2, 0.25) is 0 Å². The highest BCUT2D eigenvalue weighted by molar-refractivity contribution is 6.16. The summed E-state index contributed by atoms with van der Waals surface area (Å²) in [7, 11) is 3.99. The SMILES string of the molecule is Cc1cccc(NC(=O)CN2C(=O)NC(=Cc3cc(C)n(-c4ccc(N(C)C)cc4)c3C)C2=O)c1. The van der Waals surface area contributed by atoms with Crippen molar-refractivity contribution in [3.8, 4) is 5.69 Å². The maximum Gasteiger partial charge on any atom is 0.329 e. The molecule has 2 aromatic carbocycles. The minimum atomic E-state index is -0.617. The fourth-order valence-electron chi connectivity index (χ4n) is 4.17. The van der Waals surface area contributed by atoms with E-state index in [0.29, 0.717) is 5.69 Å². The van der Waals surface area contributed by atoms with E-state index in [2.05, 4.69) is 15.2 Å². The molecule has 4 amide bonds. The number of imide groups is 1. The molecular formula is C27H29N5O3. The van der Waals surface area contributed by atoms with Crippen LogP contribution in [-0.4, -0.2) is 48.0 Å². The van der Waals surface area contributed by atoms with Crippen molar-refractivity contribution in [2.45, 2.75) is 20.8 Å². The van der Waals surface area contributed by atoms with E-state index in [4.69, 9.17) is 0 Å². The van der Waals surface area contributed by atoms with Gasteiger partial charge in [-0.1, -0.05) is 12.1 Å². The van der Waals surface area contributed by atoms with Gasteiger partial charge in [0.1, 0.15) is 12.2 Å². The molecule has 0 atom stereocenters. The molecule has 0 saturated carbocycles. The topological polar surface area (TPSA) is 86.7 Å². The number of carbonyl (C=O) groups is 3. The second-order valence-corrected chi connectivity index (χ2v) is 8.87. The molecule has 0 aliphatic carbocycles. The summed E-state index contributed by atoms with van der Waals surface area (Å²) >= 11 is 0. The first-order valence-electron chi connectivity index (χ1n) is 11.3. The molecule has 0 spiro atoms. The second kappa shape index (κ2) is 9.50. The van der Waals surface area contributed by atoms with E-state index in [1.165, 1.54) is 0 Å². The Kier molecular flexibility index (Phi) is 6.46. The normalized spacial score (nSPS) is 14.4. The number of carbonyl (C=O) groups excluding carboxylic acids is 3. The first-order chi connectivity index (χ1) is 16.6. The van der Waals surface area contributed by atoms with Crippen LogP contribution in [0.3, 0.4) is 0 Å². The van der Waals surface area contributed by atoms with Crippen LogP contribution in [0.15, 0.2) is 60.3 Å². The zero-order valence-corrected chi connectivity index (χ0v) is 20.5. The summed E-state index contributed by atoms with van der Waals surface area (Å²) in [5.74, 6) is -0.978. The van der Waals surface area contributed by atoms with E-state index in [9.17, 15) is 14.4 Å². The summed E-state index contributed by atoms with van der Waals surface area (Å²) in [5.41, 5.74) is 6.60. The maximum atomic E-state index is 12.9. The fraction of sp³-hybridized carbons (Fsp3) is 0.222.